The molecule has 1 atom stereocenters. The van der Waals surface area contributed by atoms with Crippen LogP contribution in [0, 0.1) is 10.7 Å². The van der Waals surface area contributed by atoms with E-state index in [2.05, 4.69) is 0 Å². The lowest BCUT2D eigenvalue weighted by atomic mass is 10.1. The van der Waals surface area contributed by atoms with Gasteiger partial charge in [-0.25, -0.2) is 0 Å². The zero-order valence-corrected chi connectivity index (χ0v) is 17.5. The summed E-state index contributed by atoms with van der Waals surface area (Å²) in [6, 6.07) is 3.20. The standard InChI is InChI=1S/C10H8F3I3O4S/c1-9(10(11,12)13,4-21(17,18)19)20-8-6(15)2-5(14)3-7(8)16/h2-3H,4H2,1H3,(H,17,18,19). The molecule has 0 saturated heterocycles. The maximum atomic E-state index is 13.2. The van der Waals surface area contributed by atoms with Gasteiger partial charge in [0.2, 0.25) is 5.60 Å². The van der Waals surface area contributed by atoms with Gasteiger partial charge in [0.15, 0.2) is 0 Å². The molecule has 1 aromatic rings. The molecule has 0 saturated carbocycles. The third-order valence-electron chi connectivity index (χ3n) is 2.35. The molecular weight excluding hydrogens is 654 g/mol. The Morgan fingerprint density at radius 2 is 1.62 bits per heavy atom. The number of hydrogen-bond acceptors (Lipinski definition) is 3. The number of alkyl halides is 3. The minimum atomic E-state index is -4.97. The summed E-state index contributed by atoms with van der Waals surface area (Å²) in [4.78, 5) is 0. The topological polar surface area (TPSA) is 63.6 Å². The first kappa shape index (κ1) is 20.0. The summed E-state index contributed by atoms with van der Waals surface area (Å²) in [7, 11) is -4.87. The molecule has 0 spiro atoms. The zero-order valence-electron chi connectivity index (χ0n) is 10.2. The van der Waals surface area contributed by atoms with E-state index in [1.54, 1.807) is 57.3 Å². The molecule has 0 aliphatic carbocycles. The Hall–Kier alpha value is 0.910. The highest BCUT2D eigenvalue weighted by Gasteiger charge is 2.56. The third-order valence-corrected chi connectivity index (χ3v) is 5.49. The monoisotopic (exact) mass is 662 g/mol. The van der Waals surface area contributed by atoms with E-state index in [1.807, 2.05) is 22.6 Å². The molecule has 1 N–H and O–H groups in total. The van der Waals surface area contributed by atoms with Crippen LogP contribution in [0.3, 0.4) is 0 Å². The minimum absolute atomic E-state index is 0.0694. The highest BCUT2D eigenvalue weighted by Crippen LogP contribution is 2.39. The van der Waals surface area contributed by atoms with Gasteiger partial charge in [-0.1, -0.05) is 0 Å². The summed E-state index contributed by atoms with van der Waals surface area (Å²) in [5, 5.41) is 0. The predicted molar refractivity (Wildman–Crippen MR) is 96.1 cm³/mol. The second kappa shape index (κ2) is 6.80. The lowest BCUT2D eigenvalue weighted by molar-refractivity contribution is -0.233. The SMILES string of the molecule is CC(CS(=O)(=O)O)(Oc1c(I)cc(I)cc1I)C(F)(F)F. The van der Waals surface area contributed by atoms with E-state index >= 15 is 0 Å². The molecule has 11 heteroatoms. The maximum Gasteiger partial charge on any atom is 0.429 e. The van der Waals surface area contributed by atoms with Gasteiger partial charge in [0, 0.05) is 3.57 Å². The Morgan fingerprint density at radius 1 is 1.19 bits per heavy atom. The summed E-state index contributed by atoms with van der Waals surface area (Å²) < 4.78 is 76.6. The number of ether oxygens (including phenoxy) is 1. The van der Waals surface area contributed by atoms with Gasteiger partial charge in [0.05, 0.1) is 7.14 Å². The molecule has 120 valence electrons. The fourth-order valence-electron chi connectivity index (χ4n) is 1.37. The Kier molecular flexibility index (Phi) is 6.46. The van der Waals surface area contributed by atoms with Gasteiger partial charge in [-0.05, 0) is 86.8 Å². The minimum Gasteiger partial charge on any atom is -0.475 e. The molecule has 0 aliphatic heterocycles. The van der Waals surface area contributed by atoms with Crippen molar-refractivity contribution in [1.82, 2.24) is 0 Å². The summed E-state index contributed by atoms with van der Waals surface area (Å²) in [5.74, 6) is -1.65. The Morgan fingerprint density at radius 3 is 1.95 bits per heavy atom. The molecule has 0 aromatic heterocycles. The van der Waals surface area contributed by atoms with Crippen LogP contribution in [-0.4, -0.2) is 30.5 Å². The van der Waals surface area contributed by atoms with Gasteiger partial charge >= 0.3 is 6.18 Å². The van der Waals surface area contributed by atoms with Crippen molar-refractivity contribution in [2.24, 2.45) is 0 Å². The van der Waals surface area contributed by atoms with E-state index in [1.165, 1.54) is 0 Å². The Balaban J connectivity index is 3.33. The van der Waals surface area contributed by atoms with Crippen LogP contribution < -0.4 is 4.74 Å². The van der Waals surface area contributed by atoms with Gasteiger partial charge in [0.25, 0.3) is 10.1 Å². The molecular formula is C10H8F3I3O4S. The molecule has 1 unspecified atom stereocenters. The number of halogens is 6. The van der Waals surface area contributed by atoms with E-state index in [4.69, 9.17) is 9.29 Å². The lowest BCUT2D eigenvalue weighted by Crippen LogP contribution is -2.52. The first-order valence-electron chi connectivity index (χ1n) is 5.10. The van der Waals surface area contributed by atoms with E-state index in [0.29, 0.717) is 14.1 Å². The van der Waals surface area contributed by atoms with Crippen molar-refractivity contribution in [2.45, 2.75) is 18.7 Å². The average molecular weight is 662 g/mol. The van der Waals surface area contributed by atoms with Crippen LogP contribution in [0.2, 0.25) is 0 Å². The van der Waals surface area contributed by atoms with Gasteiger partial charge in [-0.15, -0.1) is 0 Å². The molecule has 0 aliphatic rings. The van der Waals surface area contributed by atoms with Crippen LogP contribution in [0.1, 0.15) is 6.92 Å². The van der Waals surface area contributed by atoms with Crippen molar-refractivity contribution < 1.29 is 30.9 Å². The third kappa shape index (κ3) is 5.49. The molecule has 1 rings (SSSR count). The number of benzene rings is 1. The molecule has 0 radical (unpaired) electrons. The molecule has 4 nitrogen and oxygen atoms in total. The van der Waals surface area contributed by atoms with Crippen LogP contribution in [0.4, 0.5) is 13.2 Å². The smallest absolute Gasteiger partial charge is 0.429 e. The number of rotatable bonds is 4. The first-order chi connectivity index (χ1) is 9.25. The fraction of sp³-hybridized carbons (Fsp3) is 0.400. The average Bonchev–Trinajstić information content (AvgIpc) is 2.19. The van der Waals surface area contributed by atoms with Crippen molar-refractivity contribution in [2.75, 3.05) is 5.75 Å². The van der Waals surface area contributed by atoms with Crippen LogP contribution in [0.15, 0.2) is 12.1 Å². The Labute approximate surface area is 160 Å². The molecule has 1 aromatic carbocycles. The summed E-state index contributed by atoms with van der Waals surface area (Å²) in [5.41, 5.74) is -3.05. The second-order valence-electron chi connectivity index (χ2n) is 4.26. The first-order valence-corrected chi connectivity index (χ1v) is 9.95. The molecule has 0 heterocycles. The Bertz CT molecular complexity index is 624. The largest absolute Gasteiger partial charge is 0.475 e. The van der Waals surface area contributed by atoms with E-state index in [0.717, 1.165) is 3.57 Å². The van der Waals surface area contributed by atoms with Crippen LogP contribution in [-0.2, 0) is 10.1 Å². The van der Waals surface area contributed by atoms with Crippen molar-refractivity contribution in [1.29, 1.82) is 0 Å². The van der Waals surface area contributed by atoms with Crippen molar-refractivity contribution in [3.05, 3.63) is 22.8 Å². The van der Waals surface area contributed by atoms with Crippen molar-refractivity contribution >= 4 is 77.9 Å². The van der Waals surface area contributed by atoms with Gasteiger partial charge in [0.1, 0.15) is 11.5 Å². The van der Waals surface area contributed by atoms with Crippen molar-refractivity contribution in [3.8, 4) is 5.75 Å². The van der Waals surface area contributed by atoms with E-state index in [9.17, 15) is 21.6 Å². The van der Waals surface area contributed by atoms with Crippen LogP contribution >= 0.6 is 67.8 Å². The summed E-state index contributed by atoms with van der Waals surface area (Å²) in [6.45, 7) is 0.588. The lowest BCUT2D eigenvalue weighted by Gasteiger charge is -2.32. The van der Waals surface area contributed by atoms with Crippen LogP contribution in [0.25, 0.3) is 0 Å². The highest BCUT2D eigenvalue weighted by atomic mass is 127. The van der Waals surface area contributed by atoms with Gasteiger partial charge < -0.3 is 4.74 Å². The summed E-state index contributed by atoms with van der Waals surface area (Å²) in [6.07, 6.45) is -4.97. The van der Waals surface area contributed by atoms with E-state index in [-0.39, 0.29) is 5.75 Å². The predicted octanol–water partition coefficient (Wildman–Crippen LogP) is 4.09. The van der Waals surface area contributed by atoms with Gasteiger partial charge in [-0.2, -0.15) is 21.6 Å². The molecule has 21 heavy (non-hydrogen) atoms. The molecule has 0 fully saturated rings. The van der Waals surface area contributed by atoms with Gasteiger partial charge in [-0.3, -0.25) is 4.55 Å². The number of hydrogen-bond donors (Lipinski definition) is 1. The highest BCUT2D eigenvalue weighted by molar-refractivity contribution is 14.1. The summed E-state index contributed by atoms with van der Waals surface area (Å²) >= 11 is 5.61. The van der Waals surface area contributed by atoms with E-state index < -0.39 is 27.6 Å². The molecule has 0 amide bonds. The second-order valence-corrected chi connectivity index (χ2v) is 9.28. The molecule has 0 bridgehead atoms. The fourth-order valence-corrected chi connectivity index (χ4v) is 6.09. The quantitative estimate of drug-likeness (QED) is 0.391. The van der Waals surface area contributed by atoms with Crippen molar-refractivity contribution in [3.63, 3.8) is 0 Å². The maximum absolute atomic E-state index is 13.2. The normalized spacial score (nSPS) is 15.6. The zero-order chi connectivity index (χ0) is 16.6. The van der Waals surface area contributed by atoms with Crippen LogP contribution in [0.5, 0.6) is 5.75 Å².